The Kier molecular flexibility index (Phi) is 3.59. The van der Waals surface area contributed by atoms with E-state index in [2.05, 4.69) is 17.2 Å². The molecule has 2 rings (SSSR count). The van der Waals surface area contributed by atoms with Crippen molar-refractivity contribution in [2.24, 2.45) is 0 Å². The van der Waals surface area contributed by atoms with Gasteiger partial charge in [-0.3, -0.25) is 4.98 Å². The molecular formula is C11H15FN2S. The predicted octanol–water partition coefficient (Wildman–Crippen LogP) is 2.38. The van der Waals surface area contributed by atoms with Gasteiger partial charge in [0.2, 0.25) is 0 Å². The molecule has 0 spiro atoms. The molecule has 2 nitrogen and oxygen atoms in total. The lowest BCUT2D eigenvalue weighted by Crippen LogP contribution is -2.31. The minimum Gasteiger partial charge on any atom is -0.307 e. The largest absolute Gasteiger partial charge is 0.307 e. The fourth-order valence-electron chi connectivity index (χ4n) is 1.78. The first-order chi connectivity index (χ1) is 7.25. The summed E-state index contributed by atoms with van der Waals surface area (Å²) in [5.74, 6) is 2.13. The average molecular weight is 226 g/mol. The SMILES string of the molecule is C[C@H](NC1CCSC1)c1cncc(F)c1. The number of nitrogens with one attached hydrogen (secondary N) is 1. The lowest BCUT2D eigenvalue weighted by atomic mass is 10.1. The topological polar surface area (TPSA) is 24.9 Å². The van der Waals surface area contributed by atoms with Gasteiger partial charge in [-0.1, -0.05) is 0 Å². The first kappa shape index (κ1) is 10.9. The van der Waals surface area contributed by atoms with Crippen LogP contribution >= 0.6 is 11.8 Å². The van der Waals surface area contributed by atoms with Crippen LogP contribution in [0.4, 0.5) is 4.39 Å². The summed E-state index contributed by atoms with van der Waals surface area (Å²) in [6.07, 6.45) is 4.17. The second kappa shape index (κ2) is 4.94. The highest BCUT2D eigenvalue weighted by atomic mass is 32.2. The van der Waals surface area contributed by atoms with Gasteiger partial charge in [0.15, 0.2) is 0 Å². The molecule has 4 heteroatoms. The van der Waals surface area contributed by atoms with Gasteiger partial charge in [-0.2, -0.15) is 11.8 Å². The zero-order valence-electron chi connectivity index (χ0n) is 8.74. The van der Waals surface area contributed by atoms with E-state index in [0.717, 1.165) is 11.3 Å². The predicted molar refractivity (Wildman–Crippen MR) is 61.5 cm³/mol. The number of hydrogen-bond donors (Lipinski definition) is 1. The summed E-state index contributed by atoms with van der Waals surface area (Å²) in [4.78, 5) is 3.86. The van der Waals surface area contributed by atoms with Crippen LogP contribution < -0.4 is 5.32 Å². The van der Waals surface area contributed by atoms with Crippen LogP contribution in [-0.2, 0) is 0 Å². The number of pyridine rings is 1. The number of aromatic nitrogens is 1. The second-order valence-corrected chi connectivity index (χ2v) is 5.04. The molecule has 1 saturated heterocycles. The van der Waals surface area contributed by atoms with E-state index >= 15 is 0 Å². The van der Waals surface area contributed by atoms with Gasteiger partial charge in [-0.25, -0.2) is 4.39 Å². The van der Waals surface area contributed by atoms with E-state index in [0.29, 0.717) is 6.04 Å². The Labute approximate surface area is 93.7 Å². The molecule has 1 N–H and O–H groups in total. The molecule has 1 aliphatic rings. The van der Waals surface area contributed by atoms with Crippen molar-refractivity contribution in [1.29, 1.82) is 0 Å². The maximum absolute atomic E-state index is 12.9. The van der Waals surface area contributed by atoms with Gasteiger partial charge in [0.05, 0.1) is 6.20 Å². The van der Waals surface area contributed by atoms with Crippen molar-refractivity contribution in [1.82, 2.24) is 10.3 Å². The molecule has 0 saturated carbocycles. The molecular weight excluding hydrogens is 211 g/mol. The van der Waals surface area contributed by atoms with Crippen LogP contribution in [0.25, 0.3) is 0 Å². The van der Waals surface area contributed by atoms with Crippen molar-refractivity contribution in [2.75, 3.05) is 11.5 Å². The molecule has 15 heavy (non-hydrogen) atoms. The van der Waals surface area contributed by atoms with Gasteiger partial charge in [0, 0.05) is 24.0 Å². The molecule has 0 aromatic carbocycles. The van der Waals surface area contributed by atoms with Crippen LogP contribution in [0.5, 0.6) is 0 Å². The van der Waals surface area contributed by atoms with Gasteiger partial charge < -0.3 is 5.32 Å². The molecule has 2 heterocycles. The van der Waals surface area contributed by atoms with Gasteiger partial charge >= 0.3 is 0 Å². The third-order valence-corrected chi connectivity index (χ3v) is 3.80. The maximum Gasteiger partial charge on any atom is 0.141 e. The van der Waals surface area contributed by atoms with Crippen molar-refractivity contribution >= 4 is 11.8 Å². The van der Waals surface area contributed by atoms with Crippen LogP contribution in [0.3, 0.4) is 0 Å². The number of rotatable bonds is 3. The summed E-state index contributed by atoms with van der Waals surface area (Å²) in [5, 5.41) is 3.49. The molecule has 0 amide bonds. The normalized spacial score (nSPS) is 22.9. The van der Waals surface area contributed by atoms with E-state index in [1.165, 1.54) is 18.4 Å². The lowest BCUT2D eigenvalue weighted by Gasteiger charge is -2.18. The number of hydrogen-bond acceptors (Lipinski definition) is 3. The summed E-state index contributed by atoms with van der Waals surface area (Å²) in [7, 11) is 0. The maximum atomic E-state index is 12.9. The highest BCUT2D eigenvalue weighted by Gasteiger charge is 2.18. The number of thioether (sulfide) groups is 1. The molecule has 1 aliphatic heterocycles. The number of halogens is 1. The first-order valence-corrected chi connectivity index (χ1v) is 6.35. The van der Waals surface area contributed by atoms with Crippen LogP contribution in [-0.4, -0.2) is 22.5 Å². The van der Waals surface area contributed by atoms with Crippen LogP contribution in [0, 0.1) is 5.82 Å². The van der Waals surface area contributed by atoms with Crippen LogP contribution in [0.2, 0.25) is 0 Å². The smallest absolute Gasteiger partial charge is 0.141 e. The van der Waals surface area contributed by atoms with Crippen molar-refractivity contribution in [3.8, 4) is 0 Å². The molecule has 0 aliphatic carbocycles. The Morgan fingerprint density at radius 1 is 1.60 bits per heavy atom. The van der Waals surface area contributed by atoms with Crippen molar-refractivity contribution < 1.29 is 4.39 Å². The quantitative estimate of drug-likeness (QED) is 0.856. The molecule has 1 aromatic rings. The van der Waals surface area contributed by atoms with E-state index in [-0.39, 0.29) is 11.9 Å². The molecule has 1 fully saturated rings. The fraction of sp³-hybridized carbons (Fsp3) is 0.545. The molecule has 0 bridgehead atoms. The van der Waals surface area contributed by atoms with Gasteiger partial charge in [0.1, 0.15) is 5.82 Å². The van der Waals surface area contributed by atoms with E-state index in [1.807, 2.05) is 11.8 Å². The Morgan fingerprint density at radius 3 is 3.13 bits per heavy atom. The lowest BCUT2D eigenvalue weighted by molar-refractivity contribution is 0.482. The van der Waals surface area contributed by atoms with Crippen LogP contribution in [0.15, 0.2) is 18.5 Å². The monoisotopic (exact) mass is 226 g/mol. The third kappa shape index (κ3) is 2.92. The third-order valence-electron chi connectivity index (χ3n) is 2.64. The average Bonchev–Trinajstić information content (AvgIpc) is 2.70. The highest BCUT2D eigenvalue weighted by Crippen LogP contribution is 2.21. The van der Waals surface area contributed by atoms with Crippen molar-refractivity contribution in [3.05, 3.63) is 29.8 Å². The Bertz CT molecular complexity index is 326. The van der Waals surface area contributed by atoms with Gasteiger partial charge in [-0.15, -0.1) is 0 Å². The highest BCUT2D eigenvalue weighted by molar-refractivity contribution is 7.99. The summed E-state index contributed by atoms with van der Waals surface area (Å²) in [5.41, 5.74) is 0.923. The summed E-state index contributed by atoms with van der Waals surface area (Å²) >= 11 is 1.97. The molecule has 0 radical (unpaired) electrons. The second-order valence-electron chi connectivity index (χ2n) is 3.89. The standard InChI is InChI=1S/C11H15FN2S/c1-8(14-11-2-3-15-7-11)9-4-10(12)6-13-5-9/h4-6,8,11,14H,2-3,7H2,1H3/t8-,11?/m0/s1. The van der Waals surface area contributed by atoms with Crippen molar-refractivity contribution in [3.63, 3.8) is 0 Å². The Hall–Kier alpha value is -0.610. The van der Waals surface area contributed by atoms with Crippen LogP contribution in [0.1, 0.15) is 24.9 Å². The zero-order valence-corrected chi connectivity index (χ0v) is 9.56. The van der Waals surface area contributed by atoms with Gasteiger partial charge in [0.25, 0.3) is 0 Å². The Morgan fingerprint density at radius 2 is 2.47 bits per heavy atom. The fourth-order valence-corrected chi connectivity index (χ4v) is 2.95. The molecule has 1 unspecified atom stereocenters. The first-order valence-electron chi connectivity index (χ1n) is 5.20. The minimum absolute atomic E-state index is 0.178. The van der Waals surface area contributed by atoms with Gasteiger partial charge in [-0.05, 0) is 30.7 Å². The Balaban J connectivity index is 1.97. The van der Waals surface area contributed by atoms with Crippen molar-refractivity contribution in [2.45, 2.75) is 25.4 Å². The van der Waals surface area contributed by atoms with E-state index < -0.39 is 0 Å². The zero-order chi connectivity index (χ0) is 10.7. The summed E-state index contributed by atoms with van der Waals surface area (Å²) in [6, 6.07) is 2.29. The molecule has 1 aromatic heterocycles. The summed E-state index contributed by atoms with van der Waals surface area (Å²) < 4.78 is 12.9. The molecule has 2 atom stereocenters. The minimum atomic E-state index is -0.262. The summed E-state index contributed by atoms with van der Waals surface area (Å²) in [6.45, 7) is 2.06. The van der Waals surface area contributed by atoms with E-state index in [9.17, 15) is 4.39 Å². The van der Waals surface area contributed by atoms with E-state index in [4.69, 9.17) is 0 Å². The number of nitrogens with zero attached hydrogens (tertiary/aromatic N) is 1. The van der Waals surface area contributed by atoms with E-state index in [1.54, 1.807) is 12.3 Å². The molecule has 82 valence electrons.